The smallest absolute Gasteiger partial charge is 0.234 e. The highest BCUT2D eigenvalue weighted by atomic mass is 79.9. The van der Waals surface area contributed by atoms with E-state index in [9.17, 15) is 17.9 Å². The van der Waals surface area contributed by atoms with Crippen LogP contribution in [-0.4, -0.2) is 54.7 Å². The van der Waals surface area contributed by atoms with E-state index in [0.29, 0.717) is 16.6 Å². The fourth-order valence-electron chi connectivity index (χ4n) is 3.02. The van der Waals surface area contributed by atoms with E-state index in [1.165, 1.54) is 19.2 Å². The highest BCUT2D eigenvalue weighted by Gasteiger charge is 2.47. The topological polar surface area (TPSA) is 82.3 Å². The Bertz CT molecular complexity index is 818. The molecule has 2 unspecified atom stereocenters. The molecule has 0 spiro atoms. The van der Waals surface area contributed by atoms with Crippen molar-refractivity contribution in [1.82, 2.24) is 4.31 Å². The monoisotopic (exact) mass is 447 g/mol. The van der Waals surface area contributed by atoms with Crippen LogP contribution in [0, 0.1) is 17.2 Å². The van der Waals surface area contributed by atoms with Gasteiger partial charge in [-0.05, 0) is 23.6 Å². The number of aliphatic imine (C=N–C) groups is 2. The zero-order chi connectivity index (χ0) is 19.7. The second-order valence-electron chi connectivity index (χ2n) is 6.71. The first kappa shape index (κ1) is 21.0. The lowest BCUT2D eigenvalue weighted by molar-refractivity contribution is 0.173. The van der Waals surface area contributed by atoms with E-state index in [1.807, 2.05) is 13.8 Å². The molecule has 9 heteroatoms. The number of halogens is 2. The van der Waals surface area contributed by atoms with Gasteiger partial charge >= 0.3 is 0 Å². The molecule has 0 saturated heterocycles. The number of hydrogen-bond donors (Lipinski definition) is 1. The maximum Gasteiger partial charge on any atom is 0.234 e. The van der Waals surface area contributed by atoms with Crippen LogP contribution in [0.3, 0.4) is 0 Å². The molecule has 0 aromatic heterocycles. The van der Waals surface area contributed by atoms with Crippen LogP contribution in [-0.2, 0) is 10.0 Å². The van der Waals surface area contributed by atoms with Crippen molar-refractivity contribution in [2.75, 3.05) is 25.2 Å². The lowest BCUT2D eigenvalue weighted by Gasteiger charge is -2.42. The predicted octanol–water partition coefficient (Wildman–Crippen LogP) is 2.60. The van der Waals surface area contributed by atoms with Crippen LogP contribution in [0.25, 0.3) is 0 Å². The maximum atomic E-state index is 13.4. The maximum absolute atomic E-state index is 13.4. The number of aliphatic hydroxyl groups excluding tert-OH is 1. The number of aliphatic hydroxyl groups is 1. The molecule has 1 N–H and O–H groups in total. The minimum absolute atomic E-state index is 0.0514. The molecule has 0 radical (unpaired) electrons. The number of guanidine groups is 1. The fraction of sp³-hybridized carbons (Fsp3) is 0.529. The number of benzene rings is 1. The molecular weight excluding hydrogens is 425 g/mol. The summed E-state index contributed by atoms with van der Waals surface area (Å²) >= 11 is 3.47. The van der Waals surface area contributed by atoms with Gasteiger partial charge in [-0.25, -0.2) is 27.1 Å². The van der Waals surface area contributed by atoms with Crippen LogP contribution >= 0.6 is 15.9 Å². The lowest BCUT2D eigenvalue weighted by Crippen LogP contribution is -2.49. The SMILES string of the molecule is CC(C)C1=NC(N(C)S(C)(=O)=O)=NC(c2ccc(F)cc2)C1(CO)CBr. The van der Waals surface area contributed by atoms with Crippen LogP contribution in [0.15, 0.2) is 34.3 Å². The van der Waals surface area contributed by atoms with Crippen molar-refractivity contribution >= 4 is 37.6 Å². The molecule has 0 aliphatic carbocycles. The molecule has 0 saturated carbocycles. The van der Waals surface area contributed by atoms with E-state index in [1.54, 1.807) is 12.1 Å². The van der Waals surface area contributed by atoms with Gasteiger partial charge in [0.05, 0.1) is 24.3 Å². The van der Waals surface area contributed by atoms with Crippen molar-refractivity contribution < 1.29 is 17.9 Å². The molecular formula is C17H23BrFN3O3S. The molecule has 2 rings (SSSR count). The van der Waals surface area contributed by atoms with Gasteiger partial charge in [0.2, 0.25) is 16.0 Å². The molecule has 1 aliphatic heterocycles. The molecule has 1 aliphatic rings. The Morgan fingerprint density at radius 1 is 1.35 bits per heavy atom. The van der Waals surface area contributed by atoms with Gasteiger partial charge in [-0.15, -0.1) is 0 Å². The van der Waals surface area contributed by atoms with Gasteiger partial charge in [0.15, 0.2) is 0 Å². The Balaban J connectivity index is 2.71. The first-order valence-electron chi connectivity index (χ1n) is 8.10. The number of alkyl halides is 1. The summed E-state index contributed by atoms with van der Waals surface area (Å²) in [5, 5.41) is 10.6. The summed E-state index contributed by atoms with van der Waals surface area (Å²) < 4.78 is 38.3. The van der Waals surface area contributed by atoms with Crippen molar-refractivity contribution in [3.8, 4) is 0 Å². The van der Waals surface area contributed by atoms with Crippen LogP contribution in [0.5, 0.6) is 0 Å². The summed E-state index contributed by atoms with van der Waals surface area (Å²) in [5.41, 5.74) is 0.465. The normalized spacial score (nSPS) is 23.6. The molecule has 0 amide bonds. The van der Waals surface area contributed by atoms with E-state index in [0.717, 1.165) is 10.6 Å². The predicted molar refractivity (Wildman–Crippen MR) is 105 cm³/mol. The Morgan fingerprint density at radius 2 is 1.92 bits per heavy atom. The van der Waals surface area contributed by atoms with E-state index >= 15 is 0 Å². The lowest BCUT2D eigenvalue weighted by atomic mass is 9.71. The number of rotatable bonds is 5. The first-order chi connectivity index (χ1) is 12.1. The second-order valence-corrected chi connectivity index (χ2v) is 9.29. The average Bonchev–Trinajstić information content (AvgIpc) is 2.59. The largest absolute Gasteiger partial charge is 0.395 e. The first-order valence-corrected chi connectivity index (χ1v) is 11.1. The highest BCUT2D eigenvalue weighted by Crippen LogP contribution is 2.44. The molecule has 26 heavy (non-hydrogen) atoms. The molecule has 0 bridgehead atoms. The van der Waals surface area contributed by atoms with Crippen molar-refractivity contribution in [2.24, 2.45) is 21.3 Å². The Labute approximate surface area is 162 Å². The van der Waals surface area contributed by atoms with Gasteiger partial charge in [0, 0.05) is 18.1 Å². The third kappa shape index (κ3) is 3.84. The van der Waals surface area contributed by atoms with E-state index in [-0.39, 0.29) is 24.3 Å². The van der Waals surface area contributed by atoms with Crippen molar-refractivity contribution in [2.45, 2.75) is 19.9 Å². The van der Waals surface area contributed by atoms with Crippen LogP contribution in [0.1, 0.15) is 25.5 Å². The zero-order valence-electron chi connectivity index (χ0n) is 15.1. The molecule has 1 aromatic carbocycles. The van der Waals surface area contributed by atoms with Crippen LogP contribution < -0.4 is 0 Å². The zero-order valence-corrected chi connectivity index (χ0v) is 17.6. The second kappa shape index (κ2) is 7.74. The number of sulfonamides is 1. The van der Waals surface area contributed by atoms with Crippen molar-refractivity contribution in [3.63, 3.8) is 0 Å². The van der Waals surface area contributed by atoms with Gasteiger partial charge in [0.1, 0.15) is 5.82 Å². The van der Waals surface area contributed by atoms with Gasteiger partial charge in [0.25, 0.3) is 0 Å². The van der Waals surface area contributed by atoms with Gasteiger partial charge in [-0.3, -0.25) is 0 Å². The van der Waals surface area contributed by atoms with E-state index in [2.05, 4.69) is 25.9 Å². The molecule has 144 valence electrons. The van der Waals surface area contributed by atoms with Gasteiger partial charge < -0.3 is 5.11 Å². The molecule has 1 heterocycles. The third-order valence-corrected chi connectivity index (χ3v) is 6.69. The summed E-state index contributed by atoms with van der Waals surface area (Å²) in [7, 11) is -2.17. The van der Waals surface area contributed by atoms with E-state index < -0.39 is 21.5 Å². The minimum atomic E-state index is -3.55. The standard InChI is InChI=1S/C17H23BrFN3O3S/c1-11(2)14-17(9-18,10-23)15(12-5-7-13(19)8-6-12)21-16(20-14)22(3)26(4,24)25/h5-8,11,15,23H,9-10H2,1-4H3. The third-order valence-electron chi connectivity index (χ3n) is 4.53. The van der Waals surface area contributed by atoms with Crippen LogP contribution in [0.4, 0.5) is 4.39 Å². The minimum Gasteiger partial charge on any atom is -0.395 e. The van der Waals surface area contributed by atoms with Crippen LogP contribution in [0.2, 0.25) is 0 Å². The van der Waals surface area contributed by atoms with Crippen molar-refractivity contribution in [1.29, 1.82) is 0 Å². The quantitative estimate of drug-likeness (QED) is 0.704. The van der Waals surface area contributed by atoms with E-state index in [4.69, 9.17) is 0 Å². The summed E-state index contributed by atoms with van der Waals surface area (Å²) in [6.45, 7) is 3.62. The Hall–Kier alpha value is -1.32. The highest BCUT2D eigenvalue weighted by molar-refractivity contribution is 9.09. The number of hydrogen-bond acceptors (Lipinski definition) is 5. The number of nitrogens with zero attached hydrogens (tertiary/aromatic N) is 3. The molecule has 0 fully saturated rings. The summed E-state index contributed by atoms with van der Waals surface area (Å²) in [6, 6.07) is 5.22. The van der Waals surface area contributed by atoms with Crippen molar-refractivity contribution in [3.05, 3.63) is 35.6 Å². The van der Waals surface area contributed by atoms with Gasteiger partial charge in [-0.1, -0.05) is 41.9 Å². The molecule has 1 aromatic rings. The fourth-order valence-corrected chi connectivity index (χ4v) is 4.18. The summed E-state index contributed by atoms with van der Waals surface area (Å²) in [5.74, 6) is -0.384. The summed E-state index contributed by atoms with van der Waals surface area (Å²) in [6.07, 6.45) is 1.07. The molecule has 2 atom stereocenters. The van der Waals surface area contributed by atoms with Gasteiger partial charge in [-0.2, -0.15) is 0 Å². The summed E-state index contributed by atoms with van der Waals surface area (Å²) in [4.78, 5) is 9.03. The molecule has 6 nitrogen and oxygen atoms in total. The Kier molecular flexibility index (Phi) is 6.24. The average molecular weight is 448 g/mol. The Morgan fingerprint density at radius 3 is 2.35 bits per heavy atom.